The number of carbonyl (C=O) groups excluding carboxylic acids is 2. The zero-order chi connectivity index (χ0) is 27.7. The minimum Gasteiger partial charge on any atom is -0.355 e. The number of rotatable bonds is 11. The summed E-state index contributed by atoms with van der Waals surface area (Å²) < 4.78 is 13.3. The van der Waals surface area contributed by atoms with Crippen LogP contribution in [0.1, 0.15) is 79.2 Å². The molecular weight excluding hydrogens is 481 g/mol. The quantitative estimate of drug-likeness (QED) is 0.101. The molecule has 1 fully saturated rings. The van der Waals surface area contributed by atoms with E-state index in [9.17, 15) is 19.2 Å². The van der Waals surface area contributed by atoms with Gasteiger partial charge >= 0.3 is 0 Å². The fourth-order valence-corrected chi connectivity index (χ4v) is 5.21. The third-order valence-electron chi connectivity index (χ3n) is 7.21. The number of likely N-dealkylation sites (tertiary alicyclic amines) is 1. The number of halogens is 1. The van der Waals surface area contributed by atoms with Crippen LogP contribution in [-0.4, -0.2) is 48.1 Å². The van der Waals surface area contributed by atoms with Gasteiger partial charge in [-0.1, -0.05) is 19.1 Å². The maximum absolute atomic E-state index is 13.3. The van der Waals surface area contributed by atoms with Gasteiger partial charge in [-0.2, -0.15) is 5.26 Å². The molecule has 0 amide bonds. The van der Waals surface area contributed by atoms with Gasteiger partial charge < -0.3 is 10.2 Å². The number of nitrogens with one attached hydrogen (secondary N) is 2. The molecule has 2 N–H and O–H groups in total. The van der Waals surface area contributed by atoms with Crippen LogP contribution in [0, 0.1) is 28.6 Å². The lowest BCUT2D eigenvalue weighted by Crippen LogP contribution is -2.44. The molecule has 0 bridgehead atoms. The van der Waals surface area contributed by atoms with Gasteiger partial charge in [0.2, 0.25) is 5.96 Å². The largest absolute Gasteiger partial charge is 0.355 e. The summed E-state index contributed by atoms with van der Waals surface area (Å²) in [4.78, 5) is 27.5. The molecule has 202 valence electrons. The molecule has 2 aromatic carbocycles. The van der Waals surface area contributed by atoms with E-state index in [1.165, 1.54) is 49.7 Å². The van der Waals surface area contributed by atoms with Crippen molar-refractivity contribution in [2.75, 3.05) is 24.5 Å². The molecule has 0 spiro atoms. The predicted octanol–water partition coefficient (Wildman–Crippen LogP) is 5.56. The van der Waals surface area contributed by atoms with Crippen molar-refractivity contribution in [3.63, 3.8) is 0 Å². The minimum atomic E-state index is -0.214. The summed E-state index contributed by atoms with van der Waals surface area (Å²) in [5, 5.41) is 21.2. The molecule has 2 atom stereocenters. The maximum atomic E-state index is 13.3. The predicted molar refractivity (Wildman–Crippen MR) is 148 cm³/mol. The van der Waals surface area contributed by atoms with Crippen LogP contribution in [0.3, 0.4) is 0 Å². The van der Waals surface area contributed by atoms with E-state index in [1.807, 2.05) is 18.3 Å². The number of nitrogens with zero attached hydrogens (tertiary/aromatic N) is 3. The summed E-state index contributed by atoms with van der Waals surface area (Å²) >= 11 is 0. The van der Waals surface area contributed by atoms with Crippen molar-refractivity contribution in [2.24, 2.45) is 5.92 Å². The molecule has 1 aliphatic heterocycles. The van der Waals surface area contributed by atoms with Crippen molar-refractivity contribution < 1.29 is 14.0 Å². The molecular formula is C30H38FN5O2. The number of ketones is 2. The van der Waals surface area contributed by atoms with E-state index in [-0.39, 0.29) is 23.3 Å². The van der Waals surface area contributed by atoms with Gasteiger partial charge in [0.05, 0.1) is 5.69 Å². The lowest BCUT2D eigenvalue weighted by molar-refractivity contribution is 0.101. The van der Waals surface area contributed by atoms with E-state index in [2.05, 4.69) is 17.1 Å². The number of hydrogen-bond donors (Lipinski definition) is 2. The molecule has 1 heterocycles. The average Bonchev–Trinajstić information content (AvgIpc) is 2.89. The highest BCUT2D eigenvalue weighted by Crippen LogP contribution is 2.29. The van der Waals surface area contributed by atoms with Crippen LogP contribution in [0.15, 0.2) is 42.5 Å². The lowest BCUT2D eigenvalue weighted by Gasteiger charge is -2.40. The highest BCUT2D eigenvalue weighted by molar-refractivity contribution is 6.04. The Morgan fingerprint density at radius 3 is 2.39 bits per heavy atom. The van der Waals surface area contributed by atoms with Gasteiger partial charge in [0.15, 0.2) is 17.8 Å². The molecule has 38 heavy (non-hydrogen) atoms. The normalized spacial score (nSPS) is 17.4. The third kappa shape index (κ3) is 7.96. The van der Waals surface area contributed by atoms with Crippen LogP contribution in [0.5, 0.6) is 0 Å². The molecule has 8 heteroatoms. The fourth-order valence-electron chi connectivity index (χ4n) is 5.21. The van der Waals surface area contributed by atoms with Gasteiger partial charge in [0.25, 0.3) is 0 Å². The second kappa shape index (κ2) is 13.8. The molecule has 0 radical (unpaired) electrons. The fraction of sp³-hybridized carbons (Fsp3) is 0.467. The van der Waals surface area contributed by atoms with E-state index in [1.54, 1.807) is 0 Å². The lowest BCUT2D eigenvalue weighted by atomic mass is 9.84. The van der Waals surface area contributed by atoms with Crippen LogP contribution < -0.4 is 10.2 Å². The third-order valence-corrected chi connectivity index (χ3v) is 7.21. The standard InChI is InChI=1S/C30H38FN5O2/c1-4-13-35-14-11-24(15-23-7-9-27(31)10-8-23)16-28(35)6-5-12-34-30(33)36(20-32)29-18-25(21(2)37)17-26(19-29)22(3)38/h7-10,17-19,24,28H,4-6,11-16H2,1-3H3,(H2,33,34)/t24-,28-/m0/s1. The Kier molecular flexibility index (Phi) is 10.5. The first-order valence-electron chi connectivity index (χ1n) is 13.4. The Hall–Kier alpha value is -3.57. The zero-order valence-corrected chi connectivity index (χ0v) is 22.6. The van der Waals surface area contributed by atoms with E-state index in [0.717, 1.165) is 56.5 Å². The molecule has 2 aromatic rings. The molecule has 1 aliphatic rings. The van der Waals surface area contributed by atoms with Crippen LogP contribution in [-0.2, 0) is 6.42 Å². The zero-order valence-electron chi connectivity index (χ0n) is 22.6. The summed E-state index contributed by atoms with van der Waals surface area (Å²) in [6.07, 6.45) is 8.07. The Morgan fingerprint density at radius 2 is 1.82 bits per heavy atom. The maximum Gasteiger partial charge on any atom is 0.209 e. The molecule has 3 rings (SSSR count). The van der Waals surface area contributed by atoms with E-state index >= 15 is 0 Å². The number of benzene rings is 2. The van der Waals surface area contributed by atoms with Crippen LogP contribution in [0.25, 0.3) is 0 Å². The Balaban J connectivity index is 1.58. The summed E-state index contributed by atoms with van der Waals surface area (Å²) in [5.74, 6) is -0.167. The highest BCUT2D eigenvalue weighted by atomic mass is 19.1. The molecule has 0 aliphatic carbocycles. The number of anilines is 1. The SMILES string of the molecule is CCCN1CC[C@@H](Cc2ccc(F)cc2)C[C@@H]1CCCNC(=N)N(C#N)c1cc(C(C)=O)cc(C(C)=O)c1. The number of nitriles is 1. The summed E-state index contributed by atoms with van der Waals surface area (Å²) in [6.45, 7) is 7.65. The van der Waals surface area contributed by atoms with Crippen molar-refractivity contribution in [3.8, 4) is 6.19 Å². The van der Waals surface area contributed by atoms with Gasteiger partial charge in [-0.25, -0.2) is 9.29 Å². The molecule has 1 saturated heterocycles. The summed E-state index contributed by atoms with van der Waals surface area (Å²) in [6, 6.07) is 11.8. The van der Waals surface area contributed by atoms with Crippen molar-refractivity contribution in [1.29, 1.82) is 10.7 Å². The summed E-state index contributed by atoms with van der Waals surface area (Å²) in [5.41, 5.74) is 2.13. The first kappa shape index (κ1) is 29.0. The highest BCUT2D eigenvalue weighted by Gasteiger charge is 2.27. The second-order valence-electron chi connectivity index (χ2n) is 10.1. The number of piperidine rings is 1. The van der Waals surface area contributed by atoms with E-state index < -0.39 is 0 Å². The molecule has 7 nitrogen and oxygen atoms in total. The van der Waals surface area contributed by atoms with Gasteiger partial charge in [-0.15, -0.1) is 0 Å². The van der Waals surface area contributed by atoms with Crippen LogP contribution in [0.4, 0.5) is 10.1 Å². The van der Waals surface area contributed by atoms with Gasteiger partial charge in [0.1, 0.15) is 5.82 Å². The average molecular weight is 520 g/mol. The Bertz CT molecular complexity index is 1140. The van der Waals surface area contributed by atoms with Crippen molar-refractivity contribution in [1.82, 2.24) is 10.2 Å². The van der Waals surface area contributed by atoms with E-state index in [4.69, 9.17) is 5.41 Å². The van der Waals surface area contributed by atoms with Gasteiger partial charge in [0, 0.05) is 23.7 Å². The number of hydrogen-bond acceptors (Lipinski definition) is 5. The Labute approximate surface area is 225 Å². The molecule has 0 saturated carbocycles. The smallest absolute Gasteiger partial charge is 0.209 e. The van der Waals surface area contributed by atoms with Crippen LogP contribution in [0.2, 0.25) is 0 Å². The number of guanidine groups is 1. The van der Waals surface area contributed by atoms with Crippen LogP contribution >= 0.6 is 0 Å². The first-order valence-corrected chi connectivity index (χ1v) is 13.4. The molecule has 0 aromatic heterocycles. The Morgan fingerprint density at radius 1 is 1.16 bits per heavy atom. The van der Waals surface area contributed by atoms with Crippen molar-refractivity contribution >= 4 is 23.2 Å². The van der Waals surface area contributed by atoms with Crippen molar-refractivity contribution in [3.05, 3.63) is 65.0 Å². The van der Waals surface area contributed by atoms with E-state index in [0.29, 0.717) is 35.3 Å². The van der Waals surface area contributed by atoms with Crippen molar-refractivity contribution in [2.45, 2.75) is 65.3 Å². The number of Topliss-reactive ketones (excluding diaryl/α,β-unsaturated/α-hetero) is 2. The monoisotopic (exact) mass is 519 g/mol. The topological polar surface area (TPSA) is 100 Å². The second-order valence-corrected chi connectivity index (χ2v) is 10.1. The first-order chi connectivity index (χ1) is 18.2. The number of carbonyl (C=O) groups is 2. The van der Waals surface area contributed by atoms with Gasteiger partial charge in [-0.3, -0.25) is 15.0 Å². The van der Waals surface area contributed by atoms with Gasteiger partial charge in [-0.05, 0) is 107 Å². The summed E-state index contributed by atoms with van der Waals surface area (Å²) in [7, 11) is 0. The minimum absolute atomic E-state index is 0.0917. The molecule has 0 unspecified atom stereocenters.